The summed E-state index contributed by atoms with van der Waals surface area (Å²) in [5, 5.41) is 18.0. The first kappa shape index (κ1) is 16.0. The molecule has 0 aromatic carbocycles. The van der Waals surface area contributed by atoms with E-state index in [0.29, 0.717) is 11.8 Å². The van der Waals surface area contributed by atoms with Crippen LogP contribution in [-0.2, 0) is 14.3 Å². The van der Waals surface area contributed by atoms with Crippen LogP contribution in [0.1, 0.15) is 46.5 Å². The summed E-state index contributed by atoms with van der Waals surface area (Å²) in [5.74, 6) is -0.836. The molecular weight excluding hydrogens is 248 g/mol. The average Bonchev–Trinajstić information content (AvgIpc) is 2.27. The summed E-state index contributed by atoms with van der Waals surface area (Å²) >= 11 is 0. The maximum Gasteiger partial charge on any atom is 0.335 e. The summed E-state index contributed by atoms with van der Waals surface area (Å²) in [5.41, 5.74) is 0. The minimum Gasteiger partial charge on any atom is -0.481 e. The molecule has 4 unspecified atom stereocenters. The van der Waals surface area contributed by atoms with Crippen LogP contribution in [0.15, 0.2) is 0 Å². The molecule has 0 heterocycles. The van der Waals surface area contributed by atoms with Crippen LogP contribution in [0.4, 0.5) is 0 Å². The van der Waals surface area contributed by atoms with Crippen LogP contribution in [0.5, 0.6) is 0 Å². The lowest BCUT2D eigenvalue weighted by molar-refractivity contribution is -0.168. The Morgan fingerprint density at radius 3 is 2.47 bits per heavy atom. The number of hydrogen-bond donors (Lipinski definition) is 2. The molecule has 0 spiro atoms. The molecule has 0 bridgehead atoms. The molecule has 1 aliphatic rings. The molecule has 0 saturated heterocycles. The molecule has 0 radical (unpaired) electrons. The third-order valence-corrected chi connectivity index (χ3v) is 3.87. The Balaban J connectivity index is 2.60. The molecule has 4 atom stereocenters. The van der Waals surface area contributed by atoms with Crippen LogP contribution in [0.25, 0.3) is 0 Å². The van der Waals surface area contributed by atoms with Gasteiger partial charge in [0.25, 0.3) is 0 Å². The highest BCUT2D eigenvalue weighted by Gasteiger charge is 2.34. The lowest BCUT2D eigenvalue weighted by Gasteiger charge is -2.37. The van der Waals surface area contributed by atoms with Gasteiger partial charge in [0.05, 0.1) is 6.42 Å². The van der Waals surface area contributed by atoms with Crippen LogP contribution in [0, 0.1) is 17.8 Å². The fourth-order valence-corrected chi connectivity index (χ4v) is 2.73. The molecule has 1 fully saturated rings. The predicted molar refractivity (Wildman–Crippen MR) is 69.5 cm³/mol. The summed E-state index contributed by atoms with van der Waals surface area (Å²) in [6.45, 7) is 6.30. The van der Waals surface area contributed by atoms with Crippen molar-refractivity contribution in [2.45, 2.75) is 58.7 Å². The van der Waals surface area contributed by atoms with E-state index in [0.717, 1.165) is 19.3 Å². The van der Waals surface area contributed by atoms with E-state index in [2.05, 4.69) is 20.8 Å². The Kier molecular flexibility index (Phi) is 5.79. The lowest BCUT2D eigenvalue weighted by Crippen LogP contribution is -2.39. The maximum atomic E-state index is 11.7. The van der Waals surface area contributed by atoms with Gasteiger partial charge in [0, 0.05) is 0 Å². The van der Waals surface area contributed by atoms with Crippen molar-refractivity contribution >= 4 is 11.9 Å². The summed E-state index contributed by atoms with van der Waals surface area (Å²) in [6, 6.07) is 0. The van der Waals surface area contributed by atoms with Gasteiger partial charge in [0.2, 0.25) is 0 Å². The number of esters is 1. The monoisotopic (exact) mass is 272 g/mol. The molecule has 110 valence electrons. The normalized spacial score (nSPS) is 29.0. The van der Waals surface area contributed by atoms with Crippen molar-refractivity contribution in [1.29, 1.82) is 0 Å². The largest absolute Gasteiger partial charge is 0.481 e. The molecular formula is C14H24O5. The van der Waals surface area contributed by atoms with Gasteiger partial charge in [-0.1, -0.05) is 27.2 Å². The number of aliphatic hydroxyl groups excluding tert-OH is 1. The zero-order valence-corrected chi connectivity index (χ0v) is 11.8. The van der Waals surface area contributed by atoms with Gasteiger partial charge in [0.15, 0.2) is 6.10 Å². The molecule has 1 rings (SSSR count). The van der Waals surface area contributed by atoms with Crippen LogP contribution < -0.4 is 0 Å². The van der Waals surface area contributed by atoms with Crippen molar-refractivity contribution in [3.63, 3.8) is 0 Å². The summed E-state index contributed by atoms with van der Waals surface area (Å²) in [4.78, 5) is 22.1. The molecule has 1 aliphatic carbocycles. The first-order valence-corrected chi connectivity index (χ1v) is 6.91. The van der Waals surface area contributed by atoms with Crippen molar-refractivity contribution in [2.75, 3.05) is 0 Å². The first-order valence-electron chi connectivity index (χ1n) is 6.91. The van der Waals surface area contributed by atoms with E-state index in [9.17, 15) is 14.7 Å². The van der Waals surface area contributed by atoms with Gasteiger partial charge in [-0.25, -0.2) is 4.79 Å². The van der Waals surface area contributed by atoms with Gasteiger partial charge in [-0.2, -0.15) is 0 Å². The van der Waals surface area contributed by atoms with Crippen molar-refractivity contribution < 1.29 is 24.5 Å². The predicted octanol–water partition coefficient (Wildman–Crippen LogP) is 1.83. The van der Waals surface area contributed by atoms with Gasteiger partial charge in [-0.05, 0) is 30.6 Å². The molecule has 0 amide bonds. The Morgan fingerprint density at radius 1 is 1.32 bits per heavy atom. The van der Waals surface area contributed by atoms with E-state index in [1.807, 2.05) is 0 Å². The Labute approximate surface area is 114 Å². The third kappa shape index (κ3) is 4.82. The van der Waals surface area contributed by atoms with Crippen LogP contribution >= 0.6 is 0 Å². The number of rotatable bonds is 5. The number of aliphatic carboxylic acids is 1. The van der Waals surface area contributed by atoms with Crippen LogP contribution in [0.2, 0.25) is 0 Å². The van der Waals surface area contributed by atoms with Gasteiger partial charge in [0.1, 0.15) is 6.10 Å². The maximum absolute atomic E-state index is 11.7. The molecule has 2 N–H and O–H groups in total. The van der Waals surface area contributed by atoms with E-state index in [1.165, 1.54) is 0 Å². The van der Waals surface area contributed by atoms with Crippen LogP contribution in [-0.4, -0.2) is 34.4 Å². The number of carboxylic acid groups (broad SMARTS) is 1. The zero-order chi connectivity index (χ0) is 14.6. The van der Waals surface area contributed by atoms with Crippen molar-refractivity contribution in [3.05, 3.63) is 0 Å². The third-order valence-electron chi connectivity index (χ3n) is 3.87. The quantitative estimate of drug-likeness (QED) is 0.746. The Bertz CT molecular complexity index is 326. The van der Waals surface area contributed by atoms with E-state index in [1.54, 1.807) is 0 Å². The van der Waals surface area contributed by atoms with Crippen molar-refractivity contribution in [1.82, 2.24) is 0 Å². The smallest absolute Gasteiger partial charge is 0.335 e. The number of hydrogen-bond acceptors (Lipinski definition) is 4. The number of aliphatic hydroxyl groups is 1. The molecule has 1 saturated carbocycles. The number of carboxylic acids is 1. The standard InChI is InChI=1S/C14H24O5/c1-8(2)10-5-4-9(3)6-12(10)19-14(18)11(15)7-13(16)17/h8-12,15H,4-7H2,1-3H3,(H,16,17). The van der Waals surface area contributed by atoms with Gasteiger partial charge in [-0.3, -0.25) is 4.79 Å². The first-order chi connectivity index (χ1) is 8.81. The summed E-state index contributed by atoms with van der Waals surface area (Å²) < 4.78 is 5.35. The lowest BCUT2D eigenvalue weighted by atomic mass is 9.75. The second-order valence-corrected chi connectivity index (χ2v) is 5.92. The van der Waals surface area contributed by atoms with Gasteiger partial charge >= 0.3 is 11.9 Å². The molecule has 0 aliphatic heterocycles. The summed E-state index contributed by atoms with van der Waals surface area (Å²) in [7, 11) is 0. The van der Waals surface area contributed by atoms with E-state index < -0.39 is 24.5 Å². The second-order valence-electron chi connectivity index (χ2n) is 5.92. The molecule has 19 heavy (non-hydrogen) atoms. The molecule has 5 heteroatoms. The van der Waals surface area contributed by atoms with Crippen LogP contribution in [0.3, 0.4) is 0 Å². The Morgan fingerprint density at radius 2 is 1.95 bits per heavy atom. The topological polar surface area (TPSA) is 83.8 Å². The zero-order valence-electron chi connectivity index (χ0n) is 11.8. The highest BCUT2D eigenvalue weighted by atomic mass is 16.6. The minimum absolute atomic E-state index is 0.209. The SMILES string of the molecule is CC1CCC(C(C)C)C(OC(=O)C(O)CC(=O)O)C1. The van der Waals surface area contributed by atoms with Gasteiger partial charge < -0.3 is 14.9 Å². The Hall–Kier alpha value is -1.10. The minimum atomic E-state index is -1.57. The highest BCUT2D eigenvalue weighted by Crippen LogP contribution is 2.35. The average molecular weight is 272 g/mol. The number of carbonyl (C=O) groups excluding carboxylic acids is 1. The van der Waals surface area contributed by atoms with E-state index in [-0.39, 0.29) is 12.0 Å². The fourth-order valence-electron chi connectivity index (χ4n) is 2.73. The molecule has 0 aromatic heterocycles. The summed E-state index contributed by atoms with van der Waals surface area (Å²) in [6.07, 6.45) is 0.532. The van der Waals surface area contributed by atoms with E-state index in [4.69, 9.17) is 9.84 Å². The van der Waals surface area contributed by atoms with Gasteiger partial charge in [-0.15, -0.1) is 0 Å². The number of carbonyl (C=O) groups is 2. The molecule has 0 aromatic rings. The number of ether oxygens (including phenoxy) is 1. The van der Waals surface area contributed by atoms with Crippen molar-refractivity contribution in [2.24, 2.45) is 17.8 Å². The second kappa shape index (κ2) is 6.89. The van der Waals surface area contributed by atoms with Crippen molar-refractivity contribution in [3.8, 4) is 0 Å². The highest BCUT2D eigenvalue weighted by molar-refractivity contribution is 5.80. The molecule has 5 nitrogen and oxygen atoms in total. The fraction of sp³-hybridized carbons (Fsp3) is 0.857. The van der Waals surface area contributed by atoms with E-state index >= 15 is 0 Å².